The summed E-state index contributed by atoms with van der Waals surface area (Å²) in [6, 6.07) is 10.8. The molecule has 2 heteroatoms. The maximum absolute atomic E-state index is 5.34. The third-order valence-corrected chi connectivity index (χ3v) is 4.06. The lowest BCUT2D eigenvalue weighted by atomic mass is 10.1. The van der Waals surface area contributed by atoms with Gasteiger partial charge in [-0.1, -0.05) is 30.3 Å². The Hall–Kier alpha value is -0.860. The number of methoxy groups -OCH3 is 1. The zero-order valence-corrected chi connectivity index (χ0v) is 9.86. The molecule has 0 radical (unpaired) electrons. The summed E-state index contributed by atoms with van der Waals surface area (Å²) in [6.07, 6.45) is 1.38. The van der Waals surface area contributed by atoms with Gasteiger partial charge in [0.2, 0.25) is 0 Å². The van der Waals surface area contributed by atoms with E-state index in [0.29, 0.717) is 5.41 Å². The Bertz CT molecular complexity index is 364. The first-order valence-electron chi connectivity index (χ1n) is 6.08. The van der Waals surface area contributed by atoms with Gasteiger partial charge in [-0.3, -0.25) is 4.90 Å². The molecule has 2 aliphatic rings. The lowest BCUT2D eigenvalue weighted by Crippen LogP contribution is -2.26. The number of benzene rings is 1. The molecule has 1 aromatic carbocycles. The van der Waals surface area contributed by atoms with E-state index in [-0.39, 0.29) is 0 Å². The van der Waals surface area contributed by atoms with Gasteiger partial charge in [-0.05, 0) is 17.9 Å². The minimum atomic E-state index is 0.517. The van der Waals surface area contributed by atoms with Crippen LogP contribution in [-0.4, -0.2) is 31.7 Å². The lowest BCUT2D eigenvalue weighted by molar-refractivity contribution is 0.129. The smallest absolute Gasteiger partial charge is 0.0534 e. The lowest BCUT2D eigenvalue weighted by Gasteiger charge is -2.20. The monoisotopic (exact) mass is 217 g/mol. The predicted octanol–water partition coefficient (Wildman–Crippen LogP) is 2.15. The summed E-state index contributed by atoms with van der Waals surface area (Å²) in [5, 5.41) is 0. The highest BCUT2D eigenvalue weighted by atomic mass is 16.5. The van der Waals surface area contributed by atoms with Gasteiger partial charge in [-0.15, -0.1) is 0 Å². The molecular formula is C14H19NO. The van der Waals surface area contributed by atoms with Gasteiger partial charge in [-0.2, -0.15) is 0 Å². The van der Waals surface area contributed by atoms with Gasteiger partial charge in [0.05, 0.1) is 6.61 Å². The molecule has 1 heterocycles. The van der Waals surface area contributed by atoms with Crippen LogP contribution in [0.15, 0.2) is 30.3 Å². The van der Waals surface area contributed by atoms with Crippen LogP contribution in [0.4, 0.5) is 0 Å². The average molecular weight is 217 g/mol. The molecule has 3 rings (SSSR count). The standard InChI is InChI=1S/C14H19NO/c1-16-11-14-7-13(14)9-15(10-14)8-12-5-3-2-4-6-12/h2-6,13H,7-11H2,1H3. The van der Waals surface area contributed by atoms with Crippen molar-refractivity contribution in [2.45, 2.75) is 13.0 Å². The van der Waals surface area contributed by atoms with E-state index in [0.717, 1.165) is 19.1 Å². The van der Waals surface area contributed by atoms with Crippen LogP contribution in [0.25, 0.3) is 0 Å². The van der Waals surface area contributed by atoms with Crippen LogP contribution >= 0.6 is 0 Å². The van der Waals surface area contributed by atoms with Gasteiger partial charge >= 0.3 is 0 Å². The molecule has 1 aromatic rings. The van der Waals surface area contributed by atoms with Gasteiger partial charge in [0.1, 0.15) is 0 Å². The SMILES string of the molecule is COCC12CC1CN(Cc1ccccc1)C2. The molecule has 0 bridgehead atoms. The second-order valence-corrected chi connectivity index (χ2v) is 5.35. The molecule has 2 unspecified atom stereocenters. The Labute approximate surface area is 97.2 Å². The molecule has 16 heavy (non-hydrogen) atoms. The predicted molar refractivity (Wildman–Crippen MR) is 64.1 cm³/mol. The first kappa shape index (κ1) is 10.3. The maximum atomic E-state index is 5.34. The van der Waals surface area contributed by atoms with Crippen LogP contribution in [0.5, 0.6) is 0 Å². The van der Waals surface area contributed by atoms with Crippen molar-refractivity contribution in [3.05, 3.63) is 35.9 Å². The van der Waals surface area contributed by atoms with Crippen molar-refractivity contribution in [2.24, 2.45) is 11.3 Å². The maximum Gasteiger partial charge on any atom is 0.0534 e. The van der Waals surface area contributed by atoms with E-state index in [1.807, 2.05) is 7.11 Å². The topological polar surface area (TPSA) is 12.5 Å². The quantitative estimate of drug-likeness (QED) is 0.766. The minimum absolute atomic E-state index is 0.517. The van der Waals surface area contributed by atoms with E-state index in [4.69, 9.17) is 4.74 Å². The summed E-state index contributed by atoms with van der Waals surface area (Å²) in [7, 11) is 1.82. The molecule has 2 atom stereocenters. The number of hydrogen-bond donors (Lipinski definition) is 0. The van der Waals surface area contributed by atoms with Crippen LogP contribution in [0.2, 0.25) is 0 Å². The van der Waals surface area contributed by atoms with Gasteiger partial charge in [0.15, 0.2) is 0 Å². The van der Waals surface area contributed by atoms with Crippen molar-refractivity contribution in [3.63, 3.8) is 0 Å². The number of rotatable bonds is 4. The highest BCUT2D eigenvalue weighted by Crippen LogP contribution is 2.57. The Morgan fingerprint density at radius 3 is 2.94 bits per heavy atom. The second-order valence-electron chi connectivity index (χ2n) is 5.35. The third kappa shape index (κ3) is 1.76. The summed E-state index contributed by atoms with van der Waals surface area (Å²) in [5.41, 5.74) is 1.94. The van der Waals surface area contributed by atoms with E-state index in [2.05, 4.69) is 35.2 Å². The number of fused-ring (bicyclic) bond motifs is 1. The van der Waals surface area contributed by atoms with Crippen LogP contribution in [0.1, 0.15) is 12.0 Å². The molecule has 0 amide bonds. The summed E-state index contributed by atoms with van der Waals surface area (Å²) < 4.78 is 5.34. The van der Waals surface area contributed by atoms with Crippen LogP contribution in [0, 0.1) is 11.3 Å². The summed E-state index contributed by atoms with van der Waals surface area (Å²) >= 11 is 0. The Kier molecular flexibility index (Phi) is 2.49. The zero-order valence-electron chi connectivity index (χ0n) is 9.86. The van der Waals surface area contributed by atoms with Gasteiger partial charge in [0, 0.05) is 32.2 Å². The molecule has 1 aliphatic heterocycles. The molecule has 1 saturated heterocycles. The van der Waals surface area contributed by atoms with Crippen molar-refractivity contribution < 1.29 is 4.74 Å². The largest absolute Gasteiger partial charge is 0.384 e. The van der Waals surface area contributed by atoms with Crippen molar-refractivity contribution in [3.8, 4) is 0 Å². The van der Waals surface area contributed by atoms with Crippen molar-refractivity contribution >= 4 is 0 Å². The highest BCUT2D eigenvalue weighted by Gasteiger charge is 2.59. The van der Waals surface area contributed by atoms with Crippen molar-refractivity contribution in [2.75, 3.05) is 26.8 Å². The zero-order chi connectivity index (χ0) is 11.0. The van der Waals surface area contributed by atoms with Crippen molar-refractivity contribution in [1.29, 1.82) is 0 Å². The second kappa shape index (κ2) is 3.86. The summed E-state index contributed by atoms with van der Waals surface area (Å²) in [5.74, 6) is 0.899. The average Bonchev–Trinajstić information content (AvgIpc) is 2.82. The van der Waals surface area contributed by atoms with Gasteiger partial charge in [-0.25, -0.2) is 0 Å². The number of nitrogens with zero attached hydrogens (tertiary/aromatic N) is 1. The fourth-order valence-electron chi connectivity index (χ4n) is 3.18. The first-order valence-corrected chi connectivity index (χ1v) is 6.08. The molecule has 0 spiro atoms. The molecule has 1 saturated carbocycles. The Morgan fingerprint density at radius 1 is 1.38 bits per heavy atom. The molecule has 0 N–H and O–H groups in total. The first-order chi connectivity index (χ1) is 7.82. The van der Waals surface area contributed by atoms with Crippen LogP contribution < -0.4 is 0 Å². The van der Waals surface area contributed by atoms with Gasteiger partial charge in [0.25, 0.3) is 0 Å². The molecule has 2 nitrogen and oxygen atoms in total. The molecule has 86 valence electrons. The Balaban J connectivity index is 1.60. The summed E-state index contributed by atoms with van der Waals surface area (Å²) in [4.78, 5) is 2.57. The molecule has 1 aliphatic carbocycles. The number of ether oxygens (including phenoxy) is 1. The van der Waals surface area contributed by atoms with E-state index in [1.54, 1.807) is 0 Å². The van der Waals surface area contributed by atoms with E-state index >= 15 is 0 Å². The van der Waals surface area contributed by atoms with E-state index < -0.39 is 0 Å². The molecule has 0 aromatic heterocycles. The third-order valence-electron chi connectivity index (χ3n) is 4.06. The minimum Gasteiger partial charge on any atom is -0.384 e. The molecule has 2 fully saturated rings. The van der Waals surface area contributed by atoms with E-state index in [9.17, 15) is 0 Å². The fourth-order valence-corrected chi connectivity index (χ4v) is 3.18. The fraction of sp³-hybridized carbons (Fsp3) is 0.571. The summed E-state index contributed by atoms with van der Waals surface area (Å²) in [6.45, 7) is 4.53. The Morgan fingerprint density at radius 2 is 2.19 bits per heavy atom. The number of piperidine rings is 1. The number of hydrogen-bond acceptors (Lipinski definition) is 2. The van der Waals surface area contributed by atoms with Crippen LogP contribution in [0.3, 0.4) is 0 Å². The normalized spacial score (nSPS) is 32.7. The van der Waals surface area contributed by atoms with Gasteiger partial charge < -0.3 is 4.74 Å². The number of likely N-dealkylation sites (tertiary alicyclic amines) is 1. The van der Waals surface area contributed by atoms with E-state index in [1.165, 1.54) is 25.1 Å². The highest BCUT2D eigenvalue weighted by molar-refractivity contribution is 5.17. The van der Waals surface area contributed by atoms with Crippen molar-refractivity contribution in [1.82, 2.24) is 4.90 Å². The van der Waals surface area contributed by atoms with Crippen LogP contribution in [-0.2, 0) is 11.3 Å². The molecular weight excluding hydrogens is 198 g/mol.